The normalized spacial score (nSPS) is 11.4. The number of carbonyl (C=O) groups is 2. The van der Waals surface area contributed by atoms with Gasteiger partial charge in [0.25, 0.3) is 5.91 Å². The van der Waals surface area contributed by atoms with Gasteiger partial charge in [-0.2, -0.15) is 0 Å². The molecule has 0 fully saturated rings. The average Bonchev–Trinajstić information content (AvgIpc) is 3.28. The maximum atomic E-state index is 13.6. The molecule has 0 N–H and O–H groups in total. The summed E-state index contributed by atoms with van der Waals surface area (Å²) < 4.78 is 5.56. The summed E-state index contributed by atoms with van der Waals surface area (Å²) in [4.78, 5) is 36.9. The summed E-state index contributed by atoms with van der Waals surface area (Å²) in [6, 6.07) is 3.32. The highest BCUT2D eigenvalue weighted by molar-refractivity contribution is 5.93. The second-order valence-electron chi connectivity index (χ2n) is 18.6. The number of rotatable bonds is 48. The number of unbranched alkanes of at least 4 members (excludes halogenated alkanes) is 39. The van der Waals surface area contributed by atoms with Gasteiger partial charge < -0.3 is 4.74 Å². The van der Waals surface area contributed by atoms with Gasteiger partial charge in [0.05, 0.1) is 18.8 Å². The van der Waals surface area contributed by atoms with Crippen LogP contribution in [0.5, 0.6) is 0 Å². The van der Waals surface area contributed by atoms with Crippen molar-refractivity contribution in [2.24, 2.45) is 0 Å². The van der Waals surface area contributed by atoms with E-state index in [9.17, 15) is 9.59 Å². The zero-order valence-corrected chi connectivity index (χ0v) is 41.1. The molecule has 0 spiro atoms. The van der Waals surface area contributed by atoms with Crippen LogP contribution in [0.15, 0.2) is 18.3 Å². The van der Waals surface area contributed by atoms with Crippen LogP contribution < -0.4 is 0 Å². The molecule has 6 nitrogen and oxygen atoms in total. The Morgan fingerprint density at radius 1 is 0.410 bits per heavy atom. The van der Waals surface area contributed by atoms with Crippen molar-refractivity contribution in [1.29, 1.82) is 0 Å². The molecule has 0 aliphatic carbocycles. The Morgan fingerprint density at radius 2 is 0.721 bits per heavy atom. The Balaban J connectivity index is 2.36. The van der Waals surface area contributed by atoms with Crippen LogP contribution in [0.3, 0.4) is 0 Å². The van der Waals surface area contributed by atoms with E-state index in [-0.39, 0.29) is 11.9 Å². The molecule has 1 rings (SSSR count). The van der Waals surface area contributed by atoms with Crippen molar-refractivity contribution >= 4 is 11.9 Å². The predicted molar refractivity (Wildman–Crippen MR) is 262 cm³/mol. The van der Waals surface area contributed by atoms with Crippen LogP contribution >= 0.6 is 0 Å². The summed E-state index contributed by atoms with van der Waals surface area (Å²) in [5, 5.41) is 1.54. The number of nitrogens with zero attached hydrogens (tertiary/aromatic N) is 2. The fraction of sp³-hybridized carbons (Fsp3) is 0.873. The second kappa shape index (κ2) is 46.1. The molecule has 61 heavy (non-hydrogen) atoms. The highest BCUT2D eigenvalue weighted by atomic mass is 16.7. The first-order valence-corrected chi connectivity index (χ1v) is 27.2. The van der Waals surface area contributed by atoms with E-state index in [1.54, 1.807) is 17.2 Å². The SMILES string of the molecule is CCCCCCCCCCCCCCCCOC(=O)c1ccc(C(=O)N(CCCCCCCCCCCCCCCC)OCCCCCCCCCCCCCCCC)nc1. The molecular weight excluding hydrogens is 753 g/mol. The molecular formula is C55H102N2O4. The van der Waals surface area contributed by atoms with Gasteiger partial charge in [-0.3, -0.25) is 14.6 Å². The van der Waals surface area contributed by atoms with E-state index in [0.29, 0.717) is 31.0 Å². The standard InChI is InChI=1S/C55H102N2O4/c1-4-7-10-13-16-19-22-25-28-31-34-37-40-43-48-57(61-50-45-42-39-36-33-30-27-24-21-18-15-12-9-6-3)54(58)53-47-46-52(51-56-53)55(59)60-49-44-41-38-35-32-29-26-23-20-17-14-11-8-5-2/h46-47,51H,4-45,48-50H2,1-3H3. The number of pyridine rings is 1. The second-order valence-corrected chi connectivity index (χ2v) is 18.6. The van der Waals surface area contributed by atoms with Crippen LogP contribution in [0.25, 0.3) is 0 Å². The molecule has 0 aromatic carbocycles. The van der Waals surface area contributed by atoms with E-state index in [4.69, 9.17) is 9.57 Å². The summed E-state index contributed by atoms with van der Waals surface area (Å²) in [5.41, 5.74) is 0.707. The molecule has 0 saturated heterocycles. The minimum Gasteiger partial charge on any atom is -0.462 e. The van der Waals surface area contributed by atoms with Gasteiger partial charge in [0.2, 0.25) is 0 Å². The van der Waals surface area contributed by atoms with Crippen molar-refractivity contribution in [3.8, 4) is 0 Å². The summed E-state index contributed by atoms with van der Waals surface area (Å²) in [7, 11) is 0. The van der Waals surface area contributed by atoms with E-state index in [1.807, 2.05) is 0 Å². The van der Waals surface area contributed by atoms with E-state index in [1.165, 1.54) is 237 Å². The van der Waals surface area contributed by atoms with Crippen molar-refractivity contribution < 1.29 is 19.2 Å². The van der Waals surface area contributed by atoms with Crippen LogP contribution in [0.2, 0.25) is 0 Å². The van der Waals surface area contributed by atoms with Gasteiger partial charge in [-0.1, -0.05) is 271 Å². The summed E-state index contributed by atoms with van der Waals surface area (Å²) in [5.74, 6) is -0.586. The zero-order chi connectivity index (χ0) is 43.9. The number of hydrogen-bond acceptors (Lipinski definition) is 5. The number of ether oxygens (including phenoxy) is 1. The van der Waals surface area contributed by atoms with Gasteiger partial charge in [0.1, 0.15) is 5.69 Å². The molecule has 0 unspecified atom stereocenters. The van der Waals surface area contributed by atoms with E-state index in [2.05, 4.69) is 25.8 Å². The lowest BCUT2D eigenvalue weighted by Gasteiger charge is -2.22. The van der Waals surface area contributed by atoms with Gasteiger partial charge in [0, 0.05) is 12.7 Å². The number of amides is 1. The largest absolute Gasteiger partial charge is 0.462 e. The summed E-state index contributed by atoms with van der Waals surface area (Å²) >= 11 is 0. The molecule has 1 aromatic heterocycles. The topological polar surface area (TPSA) is 68.7 Å². The number of esters is 1. The molecule has 1 heterocycles. The molecule has 356 valence electrons. The Hall–Kier alpha value is -1.95. The third-order valence-electron chi connectivity index (χ3n) is 12.6. The molecule has 0 aliphatic rings. The van der Waals surface area contributed by atoms with Gasteiger partial charge in [-0.05, 0) is 31.4 Å². The molecule has 0 bridgehead atoms. The monoisotopic (exact) mass is 855 g/mol. The van der Waals surface area contributed by atoms with Crippen molar-refractivity contribution in [3.05, 3.63) is 29.6 Å². The van der Waals surface area contributed by atoms with E-state index < -0.39 is 0 Å². The molecule has 0 radical (unpaired) electrons. The van der Waals surface area contributed by atoms with Gasteiger partial charge in [-0.25, -0.2) is 9.86 Å². The minimum absolute atomic E-state index is 0.220. The molecule has 1 aromatic rings. The van der Waals surface area contributed by atoms with Crippen LogP contribution in [0.4, 0.5) is 0 Å². The van der Waals surface area contributed by atoms with Crippen molar-refractivity contribution in [2.45, 2.75) is 290 Å². The lowest BCUT2D eigenvalue weighted by Crippen LogP contribution is -2.33. The van der Waals surface area contributed by atoms with Crippen LogP contribution in [-0.2, 0) is 9.57 Å². The van der Waals surface area contributed by atoms with Gasteiger partial charge in [-0.15, -0.1) is 0 Å². The van der Waals surface area contributed by atoms with E-state index >= 15 is 0 Å². The van der Waals surface area contributed by atoms with Gasteiger partial charge >= 0.3 is 5.97 Å². The van der Waals surface area contributed by atoms with E-state index in [0.717, 1.165) is 38.5 Å². The Kier molecular flexibility index (Phi) is 43.1. The van der Waals surface area contributed by atoms with Crippen molar-refractivity contribution in [1.82, 2.24) is 10.0 Å². The minimum atomic E-state index is -0.366. The molecule has 1 amide bonds. The quantitative estimate of drug-likeness (QED) is 0.0371. The highest BCUT2D eigenvalue weighted by Crippen LogP contribution is 2.17. The first-order valence-electron chi connectivity index (χ1n) is 27.2. The lowest BCUT2D eigenvalue weighted by molar-refractivity contribution is -0.125. The van der Waals surface area contributed by atoms with Crippen LogP contribution in [-0.4, -0.2) is 41.7 Å². The Morgan fingerprint density at radius 3 is 1.05 bits per heavy atom. The summed E-state index contributed by atoms with van der Waals surface area (Å²) in [6.45, 7) is 8.39. The third kappa shape index (κ3) is 37.2. The smallest absolute Gasteiger partial charge is 0.339 e. The first-order chi connectivity index (χ1) is 30.1. The maximum Gasteiger partial charge on any atom is 0.339 e. The van der Waals surface area contributed by atoms with Crippen molar-refractivity contribution in [2.75, 3.05) is 19.8 Å². The average molecular weight is 855 g/mol. The number of aromatic nitrogens is 1. The van der Waals surface area contributed by atoms with Gasteiger partial charge in [0.15, 0.2) is 0 Å². The molecule has 0 saturated carbocycles. The molecule has 0 aliphatic heterocycles. The molecule has 6 heteroatoms. The Labute approximate surface area is 379 Å². The predicted octanol–water partition coefficient (Wildman–Crippen LogP) is 18.1. The number of hydrogen-bond donors (Lipinski definition) is 0. The van der Waals surface area contributed by atoms with Crippen LogP contribution in [0, 0.1) is 0 Å². The fourth-order valence-electron chi connectivity index (χ4n) is 8.46. The van der Waals surface area contributed by atoms with Crippen molar-refractivity contribution in [3.63, 3.8) is 0 Å². The summed E-state index contributed by atoms with van der Waals surface area (Å²) in [6.07, 6.45) is 56.3. The highest BCUT2D eigenvalue weighted by Gasteiger charge is 2.19. The first kappa shape index (κ1) is 57.1. The number of hydroxylamine groups is 2. The maximum absolute atomic E-state index is 13.6. The fourth-order valence-corrected chi connectivity index (χ4v) is 8.46. The van der Waals surface area contributed by atoms with Crippen LogP contribution in [0.1, 0.15) is 311 Å². The molecule has 0 atom stereocenters. The number of carbonyl (C=O) groups excluding carboxylic acids is 2. The third-order valence-corrected chi connectivity index (χ3v) is 12.6. The zero-order valence-electron chi connectivity index (χ0n) is 41.1. The Bertz CT molecular complexity index is 1060. The lowest BCUT2D eigenvalue weighted by atomic mass is 10.0.